The number of carbonyl (C=O) groups excluding carboxylic acids is 2. The minimum Gasteiger partial charge on any atom is -0.468 e. The summed E-state index contributed by atoms with van der Waals surface area (Å²) in [6, 6.07) is 3.40. The Morgan fingerprint density at radius 3 is 3.13 bits per heavy atom. The SMILES string of the molecule is COC(=O)[C@@]12COC[C@@H]1CN(C(=O)c1cc3ncccn3n1)C2. The van der Waals surface area contributed by atoms with Gasteiger partial charge >= 0.3 is 5.97 Å². The van der Waals surface area contributed by atoms with Crippen LogP contribution in [0.5, 0.6) is 0 Å². The Morgan fingerprint density at radius 2 is 2.35 bits per heavy atom. The van der Waals surface area contributed by atoms with Gasteiger partial charge in [-0.3, -0.25) is 9.59 Å². The monoisotopic (exact) mass is 316 g/mol. The van der Waals surface area contributed by atoms with Gasteiger partial charge in [0.1, 0.15) is 5.41 Å². The van der Waals surface area contributed by atoms with E-state index in [0.717, 1.165) is 0 Å². The summed E-state index contributed by atoms with van der Waals surface area (Å²) in [6.07, 6.45) is 3.39. The number of hydrogen-bond donors (Lipinski definition) is 0. The summed E-state index contributed by atoms with van der Waals surface area (Å²) in [5.74, 6) is -0.547. The molecule has 1 amide bonds. The van der Waals surface area contributed by atoms with E-state index in [1.165, 1.54) is 7.11 Å². The van der Waals surface area contributed by atoms with E-state index in [2.05, 4.69) is 10.1 Å². The smallest absolute Gasteiger partial charge is 0.316 e. The predicted octanol–water partition coefficient (Wildman–Crippen LogP) is -0.00910. The van der Waals surface area contributed by atoms with Crippen molar-refractivity contribution in [3.63, 3.8) is 0 Å². The molecule has 0 radical (unpaired) electrons. The molecule has 0 saturated carbocycles. The largest absolute Gasteiger partial charge is 0.468 e. The molecule has 2 fully saturated rings. The molecular weight excluding hydrogens is 300 g/mol. The molecule has 2 aliphatic heterocycles. The third-order valence-corrected chi connectivity index (χ3v) is 4.71. The molecule has 4 heterocycles. The molecule has 8 nitrogen and oxygen atoms in total. The van der Waals surface area contributed by atoms with Gasteiger partial charge in [0.2, 0.25) is 0 Å². The van der Waals surface area contributed by atoms with Gasteiger partial charge in [0, 0.05) is 37.5 Å². The van der Waals surface area contributed by atoms with Crippen molar-refractivity contribution in [3.8, 4) is 0 Å². The van der Waals surface area contributed by atoms with Gasteiger partial charge in [-0.25, -0.2) is 9.50 Å². The first-order valence-electron chi connectivity index (χ1n) is 7.40. The summed E-state index contributed by atoms with van der Waals surface area (Å²) in [5, 5.41) is 4.25. The van der Waals surface area contributed by atoms with Crippen LogP contribution < -0.4 is 0 Å². The predicted molar refractivity (Wildman–Crippen MR) is 77.6 cm³/mol. The van der Waals surface area contributed by atoms with Crippen LogP contribution in [0.15, 0.2) is 24.5 Å². The van der Waals surface area contributed by atoms with Crippen LogP contribution in [-0.4, -0.2) is 64.8 Å². The van der Waals surface area contributed by atoms with Crippen molar-refractivity contribution in [2.45, 2.75) is 0 Å². The van der Waals surface area contributed by atoms with E-state index in [0.29, 0.717) is 37.6 Å². The minimum absolute atomic E-state index is 0.0333. The average Bonchev–Trinajstić information content (AvgIpc) is 3.24. The molecule has 4 rings (SSSR count). The Kier molecular flexibility index (Phi) is 3.08. The molecule has 0 aliphatic carbocycles. The lowest BCUT2D eigenvalue weighted by atomic mass is 9.81. The van der Waals surface area contributed by atoms with E-state index >= 15 is 0 Å². The fourth-order valence-corrected chi connectivity index (χ4v) is 3.48. The minimum atomic E-state index is -0.748. The number of likely N-dealkylation sites (tertiary alicyclic amines) is 1. The zero-order valence-corrected chi connectivity index (χ0v) is 12.6. The van der Waals surface area contributed by atoms with Gasteiger partial charge in [0.05, 0.1) is 20.3 Å². The van der Waals surface area contributed by atoms with Crippen LogP contribution in [0.4, 0.5) is 0 Å². The molecule has 0 bridgehead atoms. The van der Waals surface area contributed by atoms with Crippen molar-refractivity contribution in [3.05, 3.63) is 30.2 Å². The molecule has 120 valence electrons. The van der Waals surface area contributed by atoms with Crippen molar-refractivity contribution in [2.75, 3.05) is 33.4 Å². The van der Waals surface area contributed by atoms with Gasteiger partial charge in [-0.05, 0) is 6.07 Å². The van der Waals surface area contributed by atoms with Crippen LogP contribution in [0, 0.1) is 11.3 Å². The number of aromatic nitrogens is 3. The number of nitrogens with zero attached hydrogens (tertiary/aromatic N) is 4. The van der Waals surface area contributed by atoms with Gasteiger partial charge in [0.25, 0.3) is 5.91 Å². The topological polar surface area (TPSA) is 86.0 Å². The summed E-state index contributed by atoms with van der Waals surface area (Å²) >= 11 is 0. The lowest BCUT2D eigenvalue weighted by molar-refractivity contribution is -0.153. The number of hydrogen-bond acceptors (Lipinski definition) is 6. The maximum atomic E-state index is 12.7. The Hall–Kier alpha value is -2.48. The third-order valence-electron chi connectivity index (χ3n) is 4.71. The molecule has 2 aromatic heterocycles. The molecular formula is C15H16N4O4. The number of fused-ring (bicyclic) bond motifs is 2. The molecule has 0 N–H and O–H groups in total. The van der Waals surface area contributed by atoms with E-state index < -0.39 is 5.41 Å². The van der Waals surface area contributed by atoms with Gasteiger partial charge < -0.3 is 14.4 Å². The lowest BCUT2D eigenvalue weighted by Crippen LogP contribution is -2.41. The molecule has 0 spiro atoms. The van der Waals surface area contributed by atoms with Crippen LogP contribution in [0.1, 0.15) is 10.5 Å². The normalized spacial score (nSPS) is 26.5. The van der Waals surface area contributed by atoms with Crippen LogP contribution in [0.2, 0.25) is 0 Å². The molecule has 2 saturated heterocycles. The first-order chi connectivity index (χ1) is 11.1. The van der Waals surface area contributed by atoms with Crippen molar-refractivity contribution >= 4 is 17.5 Å². The van der Waals surface area contributed by atoms with E-state index in [-0.39, 0.29) is 17.8 Å². The summed E-state index contributed by atoms with van der Waals surface area (Å²) in [4.78, 5) is 30.7. The average molecular weight is 316 g/mol. The number of methoxy groups -OCH3 is 1. The second-order valence-electron chi connectivity index (χ2n) is 6.00. The molecule has 2 aromatic rings. The van der Waals surface area contributed by atoms with Crippen molar-refractivity contribution in [1.82, 2.24) is 19.5 Å². The van der Waals surface area contributed by atoms with Crippen molar-refractivity contribution in [2.24, 2.45) is 11.3 Å². The summed E-state index contributed by atoms with van der Waals surface area (Å²) in [5.41, 5.74) is 0.188. The Balaban J connectivity index is 1.61. The highest BCUT2D eigenvalue weighted by atomic mass is 16.5. The molecule has 2 aliphatic rings. The maximum absolute atomic E-state index is 12.7. The van der Waals surface area contributed by atoms with Crippen LogP contribution in [0.25, 0.3) is 5.65 Å². The molecule has 8 heteroatoms. The zero-order chi connectivity index (χ0) is 16.0. The second kappa shape index (κ2) is 5.02. The molecule has 0 aromatic carbocycles. The standard InChI is InChI=1S/C15H16N4O4/c1-22-14(21)15-8-18(6-10(15)7-23-9-15)13(20)11-5-12-16-3-2-4-19(12)17-11/h2-5,10H,6-9H2,1H3/t10-,15-/m0/s1. The van der Waals surface area contributed by atoms with E-state index in [9.17, 15) is 9.59 Å². The molecule has 23 heavy (non-hydrogen) atoms. The van der Waals surface area contributed by atoms with E-state index in [1.54, 1.807) is 33.9 Å². The van der Waals surface area contributed by atoms with Crippen LogP contribution >= 0.6 is 0 Å². The number of carbonyl (C=O) groups is 2. The van der Waals surface area contributed by atoms with Gasteiger partial charge in [-0.2, -0.15) is 5.10 Å². The molecule has 2 atom stereocenters. The highest BCUT2D eigenvalue weighted by molar-refractivity contribution is 5.94. The highest BCUT2D eigenvalue weighted by Gasteiger charge is 2.57. The third kappa shape index (κ3) is 2.02. The fourth-order valence-electron chi connectivity index (χ4n) is 3.48. The summed E-state index contributed by atoms with van der Waals surface area (Å²) in [6.45, 7) is 1.52. The Labute approximate surface area is 132 Å². The first-order valence-corrected chi connectivity index (χ1v) is 7.40. The van der Waals surface area contributed by atoms with Gasteiger partial charge in [-0.1, -0.05) is 0 Å². The highest BCUT2D eigenvalue weighted by Crippen LogP contribution is 2.42. The maximum Gasteiger partial charge on any atom is 0.316 e. The Bertz CT molecular complexity index is 756. The number of esters is 1. The Morgan fingerprint density at radius 1 is 1.48 bits per heavy atom. The second-order valence-corrected chi connectivity index (χ2v) is 6.00. The van der Waals surface area contributed by atoms with Crippen molar-refractivity contribution < 1.29 is 19.1 Å². The fraction of sp³-hybridized carbons (Fsp3) is 0.467. The van der Waals surface area contributed by atoms with Crippen LogP contribution in [0.3, 0.4) is 0 Å². The van der Waals surface area contributed by atoms with E-state index in [1.807, 2.05) is 0 Å². The van der Waals surface area contributed by atoms with Gasteiger partial charge in [-0.15, -0.1) is 0 Å². The lowest BCUT2D eigenvalue weighted by Gasteiger charge is -2.23. The quantitative estimate of drug-likeness (QED) is 0.725. The zero-order valence-electron chi connectivity index (χ0n) is 12.6. The number of amides is 1. The van der Waals surface area contributed by atoms with E-state index in [4.69, 9.17) is 9.47 Å². The molecule has 0 unspecified atom stereocenters. The first kappa shape index (κ1) is 14.1. The van der Waals surface area contributed by atoms with Crippen molar-refractivity contribution in [1.29, 1.82) is 0 Å². The summed E-state index contributed by atoms with van der Waals surface area (Å²) < 4.78 is 11.9. The summed E-state index contributed by atoms with van der Waals surface area (Å²) in [7, 11) is 1.37. The van der Waals surface area contributed by atoms with Crippen LogP contribution in [-0.2, 0) is 14.3 Å². The number of ether oxygens (including phenoxy) is 2. The number of rotatable bonds is 2. The van der Waals surface area contributed by atoms with Gasteiger partial charge in [0.15, 0.2) is 11.3 Å².